The standard InChI is InChI=1S/C20H24N2O2/c1-3-15(2)17-11-7-8-12-18(17)22-19(23)13-14-21-20(24)16-9-5-4-6-10-16/h4-12,15H,3,13-14H2,1-2H3,(H,21,24)(H,22,23). The molecule has 2 rings (SSSR count). The molecule has 2 amide bonds. The number of anilines is 1. The second kappa shape index (κ2) is 8.87. The van der Waals surface area contributed by atoms with Gasteiger partial charge in [0.05, 0.1) is 0 Å². The normalized spacial score (nSPS) is 11.6. The Morgan fingerprint density at radius 1 is 1.00 bits per heavy atom. The summed E-state index contributed by atoms with van der Waals surface area (Å²) in [5.41, 5.74) is 2.59. The molecule has 0 aliphatic rings. The molecule has 0 radical (unpaired) electrons. The molecule has 0 saturated heterocycles. The van der Waals surface area contributed by atoms with Crippen LogP contribution >= 0.6 is 0 Å². The molecule has 1 unspecified atom stereocenters. The van der Waals surface area contributed by atoms with Gasteiger partial charge in [-0.25, -0.2) is 0 Å². The van der Waals surface area contributed by atoms with Gasteiger partial charge in [-0.15, -0.1) is 0 Å². The molecule has 2 N–H and O–H groups in total. The van der Waals surface area contributed by atoms with Crippen LogP contribution in [0.1, 0.15) is 48.5 Å². The molecule has 126 valence electrons. The Hall–Kier alpha value is -2.62. The van der Waals surface area contributed by atoms with E-state index in [1.165, 1.54) is 0 Å². The van der Waals surface area contributed by atoms with E-state index in [0.29, 0.717) is 18.0 Å². The van der Waals surface area contributed by atoms with Crippen molar-refractivity contribution >= 4 is 17.5 Å². The molecule has 1 atom stereocenters. The summed E-state index contributed by atoms with van der Waals surface area (Å²) in [7, 11) is 0. The largest absolute Gasteiger partial charge is 0.352 e. The third-order valence-corrected chi connectivity index (χ3v) is 4.05. The summed E-state index contributed by atoms with van der Waals surface area (Å²) in [5, 5.41) is 5.71. The Labute approximate surface area is 143 Å². The van der Waals surface area contributed by atoms with Gasteiger partial charge in [-0.2, -0.15) is 0 Å². The van der Waals surface area contributed by atoms with Crippen LogP contribution in [0, 0.1) is 0 Å². The Balaban J connectivity index is 1.85. The van der Waals surface area contributed by atoms with Crippen molar-refractivity contribution in [1.29, 1.82) is 0 Å². The minimum atomic E-state index is -0.164. The molecule has 0 spiro atoms. The predicted octanol–water partition coefficient (Wildman–Crippen LogP) is 3.96. The van der Waals surface area contributed by atoms with Gasteiger partial charge in [0.25, 0.3) is 5.91 Å². The van der Waals surface area contributed by atoms with E-state index in [9.17, 15) is 9.59 Å². The number of nitrogens with one attached hydrogen (secondary N) is 2. The minimum absolute atomic E-state index is 0.0980. The minimum Gasteiger partial charge on any atom is -0.352 e. The highest BCUT2D eigenvalue weighted by atomic mass is 16.2. The highest BCUT2D eigenvalue weighted by Crippen LogP contribution is 2.26. The summed E-state index contributed by atoms with van der Waals surface area (Å²) in [5.74, 6) is 0.127. The summed E-state index contributed by atoms with van der Waals surface area (Å²) >= 11 is 0. The first kappa shape index (κ1) is 17.7. The summed E-state index contributed by atoms with van der Waals surface area (Å²) in [6, 6.07) is 16.8. The first-order valence-corrected chi connectivity index (χ1v) is 8.33. The third kappa shape index (κ3) is 4.95. The van der Waals surface area contributed by atoms with Gasteiger partial charge in [-0.3, -0.25) is 9.59 Å². The van der Waals surface area contributed by atoms with Crippen molar-refractivity contribution in [2.75, 3.05) is 11.9 Å². The molecule has 0 aromatic heterocycles. The summed E-state index contributed by atoms with van der Waals surface area (Å²) < 4.78 is 0. The van der Waals surface area contributed by atoms with E-state index in [1.807, 2.05) is 42.5 Å². The monoisotopic (exact) mass is 324 g/mol. The van der Waals surface area contributed by atoms with E-state index in [4.69, 9.17) is 0 Å². The van der Waals surface area contributed by atoms with Crippen LogP contribution in [0.3, 0.4) is 0 Å². The summed E-state index contributed by atoms with van der Waals surface area (Å²) in [4.78, 5) is 24.1. The molecular formula is C20H24N2O2. The lowest BCUT2D eigenvalue weighted by atomic mass is 9.97. The van der Waals surface area contributed by atoms with E-state index in [2.05, 4.69) is 24.5 Å². The highest BCUT2D eigenvalue weighted by molar-refractivity contribution is 5.95. The fourth-order valence-electron chi connectivity index (χ4n) is 2.45. The van der Waals surface area contributed by atoms with Gasteiger partial charge in [0.15, 0.2) is 0 Å². The summed E-state index contributed by atoms with van der Waals surface area (Å²) in [6.45, 7) is 4.58. The Bertz CT molecular complexity index is 683. The van der Waals surface area contributed by atoms with Crippen LogP contribution in [-0.4, -0.2) is 18.4 Å². The number of para-hydroxylation sites is 1. The van der Waals surface area contributed by atoms with Crippen LogP contribution in [0.4, 0.5) is 5.69 Å². The van der Waals surface area contributed by atoms with Crippen molar-refractivity contribution in [3.63, 3.8) is 0 Å². The van der Waals surface area contributed by atoms with Crippen molar-refractivity contribution in [3.8, 4) is 0 Å². The molecule has 0 fully saturated rings. The second-order valence-corrected chi connectivity index (χ2v) is 5.82. The van der Waals surface area contributed by atoms with Gasteiger partial charge in [0.1, 0.15) is 0 Å². The van der Waals surface area contributed by atoms with Crippen molar-refractivity contribution < 1.29 is 9.59 Å². The number of amides is 2. The highest BCUT2D eigenvalue weighted by Gasteiger charge is 2.11. The quantitative estimate of drug-likeness (QED) is 0.810. The van der Waals surface area contributed by atoms with Crippen molar-refractivity contribution in [3.05, 3.63) is 65.7 Å². The van der Waals surface area contributed by atoms with Crippen molar-refractivity contribution in [2.24, 2.45) is 0 Å². The molecule has 0 heterocycles. The maximum atomic E-state index is 12.1. The molecule has 4 nitrogen and oxygen atoms in total. The van der Waals surface area contributed by atoms with Crippen molar-refractivity contribution in [2.45, 2.75) is 32.6 Å². The molecule has 2 aromatic rings. The molecular weight excluding hydrogens is 300 g/mol. The lowest BCUT2D eigenvalue weighted by molar-refractivity contribution is -0.116. The van der Waals surface area contributed by atoms with Gasteiger partial charge in [0.2, 0.25) is 5.91 Å². The van der Waals surface area contributed by atoms with Crippen LogP contribution in [-0.2, 0) is 4.79 Å². The topological polar surface area (TPSA) is 58.2 Å². The van der Waals surface area contributed by atoms with Crippen molar-refractivity contribution in [1.82, 2.24) is 5.32 Å². The number of hydrogen-bond acceptors (Lipinski definition) is 2. The number of carbonyl (C=O) groups is 2. The molecule has 0 bridgehead atoms. The SMILES string of the molecule is CCC(C)c1ccccc1NC(=O)CCNC(=O)c1ccccc1. The average Bonchev–Trinajstić information content (AvgIpc) is 2.62. The molecule has 2 aromatic carbocycles. The van der Waals surface area contributed by atoms with Gasteiger partial charge in [-0.1, -0.05) is 50.2 Å². The number of rotatable bonds is 7. The first-order chi connectivity index (χ1) is 11.6. The zero-order chi connectivity index (χ0) is 17.4. The van der Waals surface area contributed by atoms with E-state index in [0.717, 1.165) is 17.7 Å². The zero-order valence-corrected chi connectivity index (χ0v) is 14.2. The molecule has 0 saturated carbocycles. The predicted molar refractivity (Wildman–Crippen MR) is 97.2 cm³/mol. The lowest BCUT2D eigenvalue weighted by Crippen LogP contribution is -2.27. The van der Waals surface area contributed by atoms with Gasteiger partial charge in [-0.05, 0) is 36.1 Å². The van der Waals surface area contributed by atoms with Crippen LogP contribution in [0.15, 0.2) is 54.6 Å². The number of benzene rings is 2. The Morgan fingerprint density at radius 2 is 1.67 bits per heavy atom. The fraction of sp³-hybridized carbons (Fsp3) is 0.300. The smallest absolute Gasteiger partial charge is 0.251 e. The third-order valence-electron chi connectivity index (χ3n) is 4.05. The second-order valence-electron chi connectivity index (χ2n) is 5.82. The maximum absolute atomic E-state index is 12.1. The van der Waals surface area contributed by atoms with Crippen LogP contribution in [0.5, 0.6) is 0 Å². The van der Waals surface area contributed by atoms with E-state index in [1.54, 1.807) is 12.1 Å². The summed E-state index contributed by atoms with van der Waals surface area (Å²) in [6.07, 6.45) is 1.26. The molecule has 0 aliphatic carbocycles. The van der Waals surface area contributed by atoms with Gasteiger partial charge in [0, 0.05) is 24.2 Å². The average molecular weight is 324 g/mol. The van der Waals surface area contributed by atoms with Crippen LogP contribution in [0.2, 0.25) is 0 Å². The van der Waals surface area contributed by atoms with Crippen LogP contribution in [0.25, 0.3) is 0 Å². The fourth-order valence-corrected chi connectivity index (χ4v) is 2.45. The van der Waals surface area contributed by atoms with E-state index < -0.39 is 0 Å². The molecule has 24 heavy (non-hydrogen) atoms. The Kier molecular flexibility index (Phi) is 6.55. The van der Waals surface area contributed by atoms with E-state index in [-0.39, 0.29) is 18.2 Å². The molecule has 4 heteroatoms. The molecule has 0 aliphatic heterocycles. The van der Waals surface area contributed by atoms with E-state index >= 15 is 0 Å². The van der Waals surface area contributed by atoms with Crippen LogP contribution < -0.4 is 10.6 Å². The lowest BCUT2D eigenvalue weighted by Gasteiger charge is -2.15. The van der Waals surface area contributed by atoms with Gasteiger partial charge >= 0.3 is 0 Å². The first-order valence-electron chi connectivity index (χ1n) is 8.33. The number of carbonyl (C=O) groups excluding carboxylic acids is 2. The Morgan fingerprint density at radius 3 is 2.38 bits per heavy atom. The number of hydrogen-bond donors (Lipinski definition) is 2. The maximum Gasteiger partial charge on any atom is 0.251 e. The zero-order valence-electron chi connectivity index (χ0n) is 14.2. The van der Waals surface area contributed by atoms with Gasteiger partial charge < -0.3 is 10.6 Å².